The maximum Gasteiger partial charge on any atom is 0.191 e. The number of guanidine groups is 1. The number of aromatic nitrogens is 2. The van der Waals surface area contributed by atoms with Crippen LogP contribution in [0.4, 0.5) is 0 Å². The first kappa shape index (κ1) is 19.8. The average Bonchev–Trinajstić information content (AvgIpc) is 3.26. The molecule has 6 heteroatoms. The summed E-state index contributed by atoms with van der Waals surface area (Å²) in [5.41, 5.74) is 4.23. The van der Waals surface area contributed by atoms with Crippen LogP contribution in [0.25, 0.3) is 0 Å². The van der Waals surface area contributed by atoms with E-state index in [2.05, 4.69) is 53.8 Å². The predicted octanol–water partition coefficient (Wildman–Crippen LogP) is 3.13. The van der Waals surface area contributed by atoms with Gasteiger partial charge in [-0.05, 0) is 43.9 Å². The van der Waals surface area contributed by atoms with Crippen molar-refractivity contribution in [2.24, 2.45) is 12.0 Å². The molecule has 0 saturated heterocycles. The summed E-state index contributed by atoms with van der Waals surface area (Å²) in [6, 6.07) is 10.7. The first-order valence-electron chi connectivity index (χ1n) is 8.70. The Morgan fingerprint density at radius 3 is 2.60 bits per heavy atom. The highest BCUT2D eigenvalue weighted by molar-refractivity contribution is 14.0. The van der Waals surface area contributed by atoms with Crippen molar-refractivity contribution in [2.75, 3.05) is 13.1 Å². The molecule has 136 valence electrons. The molecule has 0 aliphatic heterocycles. The van der Waals surface area contributed by atoms with Gasteiger partial charge in [-0.2, -0.15) is 5.10 Å². The van der Waals surface area contributed by atoms with Gasteiger partial charge < -0.3 is 10.6 Å². The molecule has 1 heterocycles. The summed E-state index contributed by atoms with van der Waals surface area (Å²) in [4.78, 5) is 4.70. The van der Waals surface area contributed by atoms with E-state index < -0.39 is 0 Å². The lowest BCUT2D eigenvalue weighted by Gasteiger charge is -2.20. The van der Waals surface area contributed by atoms with Crippen molar-refractivity contribution in [3.63, 3.8) is 0 Å². The second kappa shape index (κ2) is 8.69. The van der Waals surface area contributed by atoms with Crippen LogP contribution in [-0.2, 0) is 19.0 Å². The minimum atomic E-state index is 0. The summed E-state index contributed by atoms with van der Waals surface area (Å²) in [6.45, 7) is 6.71. The highest BCUT2D eigenvalue weighted by Gasteiger charge is 2.44. The van der Waals surface area contributed by atoms with E-state index in [9.17, 15) is 0 Å². The van der Waals surface area contributed by atoms with Gasteiger partial charge in [-0.15, -0.1) is 24.0 Å². The SMILES string of the molecule is CCNC(=NCc1ccnn1C)NCC1(c2ccccc2C)CC1.I. The molecule has 2 aromatic rings. The van der Waals surface area contributed by atoms with E-state index in [1.165, 1.54) is 24.0 Å². The zero-order chi connectivity index (χ0) is 17.0. The summed E-state index contributed by atoms with van der Waals surface area (Å²) in [5.74, 6) is 0.874. The highest BCUT2D eigenvalue weighted by atomic mass is 127. The Labute approximate surface area is 167 Å². The molecule has 3 rings (SSSR count). The fraction of sp³-hybridized carbons (Fsp3) is 0.474. The third-order valence-corrected chi connectivity index (χ3v) is 4.83. The van der Waals surface area contributed by atoms with Gasteiger partial charge in [-0.1, -0.05) is 24.3 Å². The number of hydrogen-bond donors (Lipinski definition) is 2. The molecule has 1 fully saturated rings. The number of halogens is 1. The molecular formula is C19H28IN5. The number of aryl methyl sites for hydroxylation is 2. The Morgan fingerprint density at radius 1 is 1.24 bits per heavy atom. The smallest absolute Gasteiger partial charge is 0.191 e. The van der Waals surface area contributed by atoms with Gasteiger partial charge >= 0.3 is 0 Å². The van der Waals surface area contributed by atoms with Crippen LogP contribution in [0, 0.1) is 6.92 Å². The molecule has 0 spiro atoms. The van der Waals surface area contributed by atoms with Crippen molar-refractivity contribution >= 4 is 29.9 Å². The number of hydrogen-bond acceptors (Lipinski definition) is 2. The topological polar surface area (TPSA) is 54.2 Å². The van der Waals surface area contributed by atoms with Crippen LogP contribution in [0.5, 0.6) is 0 Å². The lowest BCUT2D eigenvalue weighted by molar-refractivity contribution is 0.640. The molecular weight excluding hydrogens is 425 g/mol. The van der Waals surface area contributed by atoms with Crippen molar-refractivity contribution in [1.29, 1.82) is 0 Å². The largest absolute Gasteiger partial charge is 0.357 e. The number of benzene rings is 1. The van der Waals surface area contributed by atoms with Crippen LogP contribution in [0.3, 0.4) is 0 Å². The zero-order valence-electron chi connectivity index (χ0n) is 15.2. The number of rotatable bonds is 6. The van der Waals surface area contributed by atoms with Gasteiger partial charge in [-0.25, -0.2) is 4.99 Å². The first-order chi connectivity index (χ1) is 11.6. The van der Waals surface area contributed by atoms with Gasteiger partial charge in [0.25, 0.3) is 0 Å². The van der Waals surface area contributed by atoms with E-state index in [0.29, 0.717) is 6.54 Å². The molecule has 1 aliphatic rings. The fourth-order valence-electron chi connectivity index (χ4n) is 3.17. The molecule has 0 bridgehead atoms. The Bertz CT molecular complexity index is 718. The Hall–Kier alpha value is -1.57. The number of nitrogens with zero attached hydrogens (tertiary/aromatic N) is 3. The van der Waals surface area contributed by atoms with Crippen LogP contribution < -0.4 is 10.6 Å². The number of nitrogens with one attached hydrogen (secondary N) is 2. The second-order valence-corrected chi connectivity index (χ2v) is 6.59. The second-order valence-electron chi connectivity index (χ2n) is 6.59. The van der Waals surface area contributed by atoms with Crippen molar-refractivity contribution in [2.45, 2.75) is 38.6 Å². The van der Waals surface area contributed by atoms with Gasteiger partial charge in [-0.3, -0.25) is 4.68 Å². The van der Waals surface area contributed by atoms with Crippen LogP contribution >= 0.6 is 24.0 Å². The van der Waals surface area contributed by atoms with Crippen LogP contribution in [0.2, 0.25) is 0 Å². The first-order valence-corrected chi connectivity index (χ1v) is 8.70. The summed E-state index contributed by atoms with van der Waals surface area (Å²) < 4.78 is 1.86. The molecule has 0 unspecified atom stereocenters. The monoisotopic (exact) mass is 453 g/mol. The van der Waals surface area contributed by atoms with Crippen molar-refractivity contribution < 1.29 is 0 Å². The normalized spacial score (nSPS) is 15.4. The Kier molecular flexibility index (Phi) is 6.87. The van der Waals surface area contributed by atoms with Crippen LogP contribution in [0.1, 0.15) is 36.6 Å². The molecule has 5 nitrogen and oxygen atoms in total. The summed E-state index contributed by atoms with van der Waals surface area (Å²) in [5, 5.41) is 11.1. The molecule has 1 aromatic heterocycles. The van der Waals surface area contributed by atoms with Gasteiger partial charge in [0.2, 0.25) is 0 Å². The molecule has 0 amide bonds. The highest BCUT2D eigenvalue weighted by Crippen LogP contribution is 2.48. The van der Waals surface area contributed by atoms with Crippen LogP contribution in [0.15, 0.2) is 41.5 Å². The minimum Gasteiger partial charge on any atom is -0.357 e. The maximum absolute atomic E-state index is 4.70. The minimum absolute atomic E-state index is 0. The van der Waals surface area contributed by atoms with E-state index >= 15 is 0 Å². The van der Waals surface area contributed by atoms with Crippen molar-refractivity contribution in [3.05, 3.63) is 53.3 Å². The summed E-state index contributed by atoms with van der Waals surface area (Å²) in [7, 11) is 1.95. The van der Waals surface area contributed by atoms with Crippen molar-refractivity contribution in [1.82, 2.24) is 20.4 Å². The predicted molar refractivity (Wildman–Crippen MR) is 114 cm³/mol. The van der Waals surface area contributed by atoms with E-state index in [1.807, 2.05) is 24.0 Å². The number of aliphatic imine (C=N–C) groups is 1. The van der Waals surface area contributed by atoms with Gasteiger partial charge in [0.1, 0.15) is 0 Å². The standard InChI is InChI=1S/C19H27N5.HI/c1-4-20-18(21-13-16-9-12-23-24(16)3)22-14-19(10-11-19)17-8-6-5-7-15(17)2;/h5-9,12H,4,10-11,13-14H2,1-3H3,(H2,20,21,22);1H. The molecule has 1 aliphatic carbocycles. The fourth-order valence-corrected chi connectivity index (χ4v) is 3.17. The molecule has 2 N–H and O–H groups in total. The molecule has 1 aromatic carbocycles. The average molecular weight is 453 g/mol. The lowest BCUT2D eigenvalue weighted by Crippen LogP contribution is -2.41. The van der Waals surface area contributed by atoms with Crippen LogP contribution in [-0.4, -0.2) is 28.8 Å². The molecule has 1 saturated carbocycles. The molecule has 0 radical (unpaired) electrons. The lowest BCUT2D eigenvalue weighted by atomic mass is 9.92. The van der Waals surface area contributed by atoms with E-state index in [0.717, 1.165) is 24.7 Å². The summed E-state index contributed by atoms with van der Waals surface area (Å²) in [6.07, 6.45) is 4.29. The third kappa shape index (κ3) is 4.74. The Morgan fingerprint density at radius 2 is 2.00 bits per heavy atom. The van der Waals surface area contributed by atoms with Gasteiger partial charge in [0.05, 0.1) is 12.2 Å². The van der Waals surface area contributed by atoms with E-state index in [4.69, 9.17) is 4.99 Å². The molecule has 25 heavy (non-hydrogen) atoms. The summed E-state index contributed by atoms with van der Waals surface area (Å²) >= 11 is 0. The quantitative estimate of drug-likeness (QED) is 0.402. The van der Waals surface area contributed by atoms with Gasteiger partial charge in [0.15, 0.2) is 5.96 Å². The van der Waals surface area contributed by atoms with Gasteiger partial charge in [0, 0.05) is 31.7 Å². The zero-order valence-corrected chi connectivity index (χ0v) is 17.6. The Balaban J connectivity index is 0.00000225. The van der Waals surface area contributed by atoms with E-state index in [-0.39, 0.29) is 29.4 Å². The maximum atomic E-state index is 4.70. The third-order valence-electron chi connectivity index (χ3n) is 4.83. The molecule has 0 atom stereocenters. The van der Waals surface area contributed by atoms with Crippen molar-refractivity contribution in [3.8, 4) is 0 Å². The van der Waals surface area contributed by atoms with E-state index in [1.54, 1.807) is 0 Å².